The Morgan fingerprint density at radius 2 is 2.10 bits per heavy atom. The zero-order chi connectivity index (χ0) is 15.0. The minimum Gasteiger partial charge on any atom is -0.464 e. The summed E-state index contributed by atoms with van der Waals surface area (Å²) in [4.78, 5) is 11.7. The summed E-state index contributed by atoms with van der Waals surface area (Å²) < 4.78 is 10.7. The fourth-order valence-electron chi connectivity index (χ4n) is 3.54. The molecule has 0 radical (unpaired) electrons. The lowest BCUT2D eigenvalue weighted by atomic mass is 9.70. The Kier molecular flexibility index (Phi) is 4.29. The largest absolute Gasteiger partial charge is 0.464 e. The maximum atomic E-state index is 11.7. The van der Waals surface area contributed by atoms with E-state index < -0.39 is 0 Å². The topological polar surface area (TPSA) is 38.8 Å². The summed E-state index contributed by atoms with van der Waals surface area (Å²) >= 11 is 0. The zero-order valence-electron chi connectivity index (χ0n) is 13.5. The average molecular weight is 280 g/mol. The molecule has 1 heterocycles. The molecule has 20 heavy (non-hydrogen) atoms. The van der Waals surface area contributed by atoms with E-state index in [4.69, 9.17) is 9.47 Å². The molecule has 0 aromatic heterocycles. The van der Waals surface area contributed by atoms with Crippen LogP contribution in [0.25, 0.3) is 0 Å². The van der Waals surface area contributed by atoms with E-state index in [1.165, 1.54) is 24.8 Å². The van der Waals surface area contributed by atoms with E-state index in [1.54, 1.807) is 5.57 Å². The number of ether oxygens (including phenoxy) is 2. The van der Waals surface area contributed by atoms with Crippen LogP contribution in [0.15, 0.2) is 11.1 Å². The lowest BCUT2D eigenvalue weighted by molar-refractivity contribution is -0.144. The molecule has 0 aromatic carbocycles. The molecule has 0 spiro atoms. The maximum absolute atomic E-state index is 11.7. The second-order valence-electron chi connectivity index (χ2n) is 7.06. The van der Waals surface area contributed by atoms with E-state index in [-0.39, 0.29) is 17.7 Å². The first-order valence-corrected chi connectivity index (χ1v) is 7.84. The summed E-state index contributed by atoms with van der Waals surface area (Å²) in [6.07, 6.45) is 5.37. The van der Waals surface area contributed by atoms with Gasteiger partial charge in [0.25, 0.3) is 0 Å². The van der Waals surface area contributed by atoms with Crippen LogP contribution in [0.5, 0.6) is 0 Å². The molecule has 2 aliphatic rings. The number of carbonyl (C=O) groups is 1. The van der Waals surface area contributed by atoms with Crippen molar-refractivity contribution in [1.29, 1.82) is 0 Å². The van der Waals surface area contributed by atoms with Crippen LogP contribution in [0, 0.1) is 5.41 Å². The number of rotatable bonds is 5. The van der Waals surface area contributed by atoms with Crippen molar-refractivity contribution in [3.05, 3.63) is 11.1 Å². The molecule has 0 saturated carbocycles. The molecule has 0 bridgehead atoms. The molecule has 114 valence electrons. The van der Waals surface area contributed by atoms with Gasteiger partial charge in [-0.15, -0.1) is 0 Å². The lowest BCUT2D eigenvalue weighted by Gasteiger charge is -2.35. The minimum absolute atomic E-state index is 0.205. The fourth-order valence-corrected chi connectivity index (χ4v) is 3.54. The van der Waals surface area contributed by atoms with Crippen LogP contribution in [0.2, 0.25) is 0 Å². The molecule has 0 N–H and O–H groups in total. The third-order valence-electron chi connectivity index (χ3n) is 4.94. The normalized spacial score (nSPS) is 32.1. The SMILES string of the molecule is CCOC(=O)C1OC1(C)CCC1=C(C)CCCC1(C)C. The second kappa shape index (κ2) is 5.51. The molecule has 0 amide bonds. The van der Waals surface area contributed by atoms with E-state index in [1.807, 2.05) is 13.8 Å². The van der Waals surface area contributed by atoms with E-state index in [0.29, 0.717) is 12.0 Å². The third-order valence-corrected chi connectivity index (χ3v) is 4.94. The van der Waals surface area contributed by atoms with E-state index in [2.05, 4.69) is 20.8 Å². The van der Waals surface area contributed by atoms with Crippen LogP contribution in [0.1, 0.15) is 66.7 Å². The van der Waals surface area contributed by atoms with Gasteiger partial charge in [-0.3, -0.25) is 0 Å². The van der Waals surface area contributed by atoms with Crippen molar-refractivity contribution in [2.75, 3.05) is 6.61 Å². The highest BCUT2D eigenvalue weighted by atomic mass is 16.7. The molecule has 1 aliphatic heterocycles. The molecule has 2 atom stereocenters. The molecule has 1 saturated heterocycles. The Bertz CT molecular complexity index is 422. The molecule has 2 rings (SSSR count). The molecule has 1 fully saturated rings. The number of allylic oxidation sites excluding steroid dienone is 2. The molecular formula is C17H28O3. The van der Waals surface area contributed by atoms with Crippen LogP contribution in [0.4, 0.5) is 0 Å². The average Bonchev–Trinajstić information content (AvgIpc) is 3.01. The first-order chi connectivity index (χ1) is 9.30. The minimum atomic E-state index is -0.352. The van der Waals surface area contributed by atoms with Gasteiger partial charge in [0.2, 0.25) is 0 Å². The van der Waals surface area contributed by atoms with Crippen LogP contribution in [-0.4, -0.2) is 24.3 Å². The summed E-state index contributed by atoms with van der Waals surface area (Å²) in [5, 5.41) is 0. The number of hydrogen-bond acceptors (Lipinski definition) is 3. The van der Waals surface area contributed by atoms with E-state index in [0.717, 1.165) is 12.8 Å². The first-order valence-electron chi connectivity index (χ1n) is 7.84. The molecular weight excluding hydrogens is 252 g/mol. The molecule has 0 aromatic rings. The summed E-state index contributed by atoms with van der Waals surface area (Å²) in [7, 11) is 0. The first kappa shape index (κ1) is 15.6. The highest BCUT2D eigenvalue weighted by molar-refractivity contribution is 5.79. The molecule has 3 heteroatoms. The zero-order valence-corrected chi connectivity index (χ0v) is 13.5. The monoisotopic (exact) mass is 280 g/mol. The number of carbonyl (C=O) groups excluding carboxylic acids is 1. The van der Waals surface area contributed by atoms with Crippen molar-refractivity contribution in [1.82, 2.24) is 0 Å². The van der Waals surface area contributed by atoms with Gasteiger partial charge in [-0.05, 0) is 58.3 Å². The van der Waals surface area contributed by atoms with Crippen LogP contribution in [-0.2, 0) is 14.3 Å². The number of esters is 1. The summed E-state index contributed by atoms with van der Waals surface area (Å²) in [6, 6.07) is 0. The lowest BCUT2D eigenvalue weighted by Crippen LogP contribution is -2.24. The van der Waals surface area contributed by atoms with Gasteiger partial charge in [0, 0.05) is 0 Å². The van der Waals surface area contributed by atoms with Gasteiger partial charge in [-0.25, -0.2) is 4.79 Å². The van der Waals surface area contributed by atoms with Crippen molar-refractivity contribution < 1.29 is 14.3 Å². The predicted molar refractivity (Wildman–Crippen MR) is 79.5 cm³/mol. The Balaban J connectivity index is 1.95. The van der Waals surface area contributed by atoms with Crippen molar-refractivity contribution in [3.63, 3.8) is 0 Å². The van der Waals surface area contributed by atoms with Crippen LogP contribution < -0.4 is 0 Å². The maximum Gasteiger partial charge on any atom is 0.338 e. The number of hydrogen-bond donors (Lipinski definition) is 0. The summed E-state index contributed by atoms with van der Waals surface area (Å²) in [5.74, 6) is -0.205. The highest BCUT2D eigenvalue weighted by Gasteiger charge is 2.57. The van der Waals surface area contributed by atoms with Gasteiger partial charge >= 0.3 is 5.97 Å². The highest BCUT2D eigenvalue weighted by Crippen LogP contribution is 2.47. The van der Waals surface area contributed by atoms with Crippen molar-refractivity contribution in [2.24, 2.45) is 5.41 Å². The predicted octanol–water partition coefficient (Wildman–Crippen LogP) is 4.01. The van der Waals surface area contributed by atoms with E-state index >= 15 is 0 Å². The Hall–Kier alpha value is -0.830. The van der Waals surface area contributed by atoms with Crippen LogP contribution >= 0.6 is 0 Å². The Morgan fingerprint density at radius 1 is 1.40 bits per heavy atom. The number of epoxide rings is 1. The smallest absolute Gasteiger partial charge is 0.338 e. The third kappa shape index (κ3) is 3.08. The Morgan fingerprint density at radius 3 is 2.70 bits per heavy atom. The van der Waals surface area contributed by atoms with Crippen molar-refractivity contribution in [3.8, 4) is 0 Å². The van der Waals surface area contributed by atoms with Crippen molar-refractivity contribution >= 4 is 5.97 Å². The summed E-state index contributed by atoms with van der Waals surface area (Å²) in [6.45, 7) is 11.2. The second-order valence-corrected chi connectivity index (χ2v) is 7.06. The molecule has 2 unspecified atom stereocenters. The fraction of sp³-hybridized carbons (Fsp3) is 0.824. The van der Waals surface area contributed by atoms with Crippen LogP contribution in [0.3, 0.4) is 0 Å². The van der Waals surface area contributed by atoms with Gasteiger partial charge in [0.05, 0.1) is 6.61 Å². The molecule has 1 aliphatic carbocycles. The van der Waals surface area contributed by atoms with Crippen molar-refractivity contribution in [2.45, 2.75) is 78.4 Å². The van der Waals surface area contributed by atoms with Gasteiger partial charge in [0.15, 0.2) is 6.10 Å². The molecule has 3 nitrogen and oxygen atoms in total. The standard InChI is InChI=1S/C17H28O3/c1-6-19-15(18)14-17(5,20-14)11-9-13-12(2)8-7-10-16(13,3)4/h14H,6-11H2,1-5H3. The Labute approximate surface area is 122 Å². The quantitative estimate of drug-likeness (QED) is 0.434. The van der Waals surface area contributed by atoms with Gasteiger partial charge in [0.1, 0.15) is 5.60 Å². The van der Waals surface area contributed by atoms with E-state index in [9.17, 15) is 4.79 Å². The van der Waals surface area contributed by atoms with Gasteiger partial charge < -0.3 is 9.47 Å². The van der Waals surface area contributed by atoms with Gasteiger partial charge in [-0.2, -0.15) is 0 Å². The summed E-state index contributed by atoms with van der Waals surface area (Å²) in [5.41, 5.74) is 3.10. The van der Waals surface area contributed by atoms with Gasteiger partial charge in [-0.1, -0.05) is 25.0 Å².